The Hall–Kier alpha value is -1.69. The number of hydrogen-bond acceptors (Lipinski definition) is 4. The van der Waals surface area contributed by atoms with Crippen LogP contribution in [0.4, 0.5) is 10.5 Å². The topological polar surface area (TPSA) is 78.4 Å². The first kappa shape index (κ1) is 12.3. The molecule has 0 aliphatic heterocycles. The highest BCUT2D eigenvalue weighted by atomic mass is 16.3. The summed E-state index contributed by atoms with van der Waals surface area (Å²) in [6.07, 6.45) is 7.68. The van der Waals surface area contributed by atoms with Crippen LogP contribution in [0.5, 0.6) is 0 Å². The van der Waals surface area contributed by atoms with E-state index in [1.807, 2.05) is 0 Å². The van der Waals surface area contributed by atoms with Crippen LogP contribution >= 0.6 is 0 Å². The van der Waals surface area contributed by atoms with Crippen LogP contribution < -0.4 is 5.32 Å². The Balaban J connectivity index is 1.60. The summed E-state index contributed by atoms with van der Waals surface area (Å²) in [6, 6.07) is 0.0955. The van der Waals surface area contributed by atoms with Crippen molar-refractivity contribution in [2.24, 2.45) is 0 Å². The van der Waals surface area contributed by atoms with Gasteiger partial charge in [-0.15, -0.1) is 0 Å². The predicted octanol–water partition coefficient (Wildman–Crippen LogP) is 1.34. The van der Waals surface area contributed by atoms with Crippen molar-refractivity contribution in [3.05, 3.63) is 18.2 Å². The summed E-state index contributed by atoms with van der Waals surface area (Å²) in [5.41, 5.74) is 0.609. The van der Waals surface area contributed by atoms with Gasteiger partial charge in [0.1, 0.15) is 5.82 Å². The quantitative estimate of drug-likeness (QED) is 0.839. The van der Waals surface area contributed by atoms with Crippen molar-refractivity contribution in [1.82, 2.24) is 14.9 Å². The van der Waals surface area contributed by atoms with Crippen LogP contribution in [0.1, 0.15) is 37.4 Å². The lowest BCUT2D eigenvalue weighted by atomic mass is 10.4. The van der Waals surface area contributed by atoms with Crippen LogP contribution in [-0.4, -0.2) is 45.2 Å². The van der Waals surface area contributed by atoms with Gasteiger partial charge in [-0.1, -0.05) is 0 Å². The first-order valence-electron chi connectivity index (χ1n) is 6.78. The Morgan fingerprint density at radius 1 is 1.32 bits per heavy atom. The Kier molecular flexibility index (Phi) is 3.33. The number of rotatable bonds is 5. The molecular formula is C13H18N4O2. The van der Waals surface area contributed by atoms with Crippen molar-refractivity contribution in [2.45, 2.75) is 37.6 Å². The highest BCUT2D eigenvalue weighted by Crippen LogP contribution is 2.37. The van der Waals surface area contributed by atoms with Crippen LogP contribution in [0.2, 0.25) is 0 Å². The first-order valence-corrected chi connectivity index (χ1v) is 6.78. The second-order valence-corrected chi connectivity index (χ2v) is 5.18. The fourth-order valence-corrected chi connectivity index (χ4v) is 2.09. The number of aliphatic hydroxyl groups is 1. The highest BCUT2D eigenvalue weighted by Gasteiger charge is 2.32. The number of anilines is 1. The van der Waals surface area contributed by atoms with Gasteiger partial charge in [-0.25, -0.2) is 14.8 Å². The molecule has 6 nitrogen and oxygen atoms in total. The average molecular weight is 262 g/mol. The summed E-state index contributed by atoms with van der Waals surface area (Å²) in [6.45, 7) is 0.360. The zero-order valence-corrected chi connectivity index (χ0v) is 10.7. The van der Waals surface area contributed by atoms with E-state index in [1.165, 1.54) is 0 Å². The standard InChI is InChI=1S/C13H18N4O2/c18-6-5-17(11-3-4-11)13(19)16-10-7-14-12(15-8-10)9-1-2-9/h7-9,11,18H,1-6H2,(H,16,19). The summed E-state index contributed by atoms with van der Waals surface area (Å²) in [7, 11) is 0. The predicted molar refractivity (Wildman–Crippen MR) is 69.8 cm³/mol. The minimum atomic E-state index is -0.181. The van der Waals surface area contributed by atoms with Crippen LogP contribution in [0.25, 0.3) is 0 Å². The molecule has 0 bridgehead atoms. The number of carbonyl (C=O) groups excluding carboxylic acids is 1. The molecule has 2 amide bonds. The fraction of sp³-hybridized carbons (Fsp3) is 0.615. The molecule has 1 aromatic rings. The number of amides is 2. The second-order valence-electron chi connectivity index (χ2n) is 5.18. The molecule has 2 fully saturated rings. The minimum absolute atomic E-state index is 0.0129. The lowest BCUT2D eigenvalue weighted by Crippen LogP contribution is -2.38. The normalized spacial score (nSPS) is 18.2. The van der Waals surface area contributed by atoms with E-state index in [0.717, 1.165) is 31.5 Å². The summed E-state index contributed by atoms with van der Waals surface area (Å²) in [5, 5.41) is 11.8. The van der Waals surface area contributed by atoms with Crippen molar-refractivity contribution in [3.8, 4) is 0 Å². The molecule has 1 heterocycles. The van der Waals surface area contributed by atoms with Crippen molar-refractivity contribution >= 4 is 11.7 Å². The minimum Gasteiger partial charge on any atom is -0.395 e. The molecule has 2 N–H and O–H groups in total. The zero-order valence-electron chi connectivity index (χ0n) is 10.7. The zero-order chi connectivity index (χ0) is 13.2. The Bertz CT molecular complexity index is 454. The molecule has 0 aromatic carbocycles. The lowest BCUT2D eigenvalue weighted by molar-refractivity contribution is 0.185. The van der Waals surface area contributed by atoms with E-state index in [-0.39, 0.29) is 18.7 Å². The number of carbonyl (C=O) groups is 1. The van der Waals surface area contributed by atoms with Gasteiger partial charge in [0.25, 0.3) is 0 Å². The lowest BCUT2D eigenvalue weighted by Gasteiger charge is -2.21. The van der Waals surface area contributed by atoms with Crippen LogP contribution in [0, 0.1) is 0 Å². The van der Waals surface area contributed by atoms with Crippen molar-refractivity contribution < 1.29 is 9.90 Å². The molecule has 0 radical (unpaired) electrons. The maximum absolute atomic E-state index is 12.1. The van der Waals surface area contributed by atoms with Crippen molar-refractivity contribution in [3.63, 3.8) is 0 Å². The molecule has 19 heavy (non-hydrogen) atoms. The molecule has 102 valence electrons. The Morgan fingerprint density at radius 3 is 2.53 bits per heavy atom. The highest BCUT2D eigenvalue weighted by molar-refractivity contribution is 5.89. The van der Waals surface area contributed by atoms with Crippen molar-refractivity contribution in [2.75, 3.05) is 18.5 Å². The number of hydrogen-bond donors (Lipinski definition) is 2. The number of nitrogens with zero attached hydrogens (tertiary/aromatic N) is 3. The van der Waals surface area contributed by atoms with E-state index in [1.54, 1.807) is 17.3 Å². The van der Waals surface area contributed by atoms with Gasteiger partial charge in [0.2, 0.25) is 0 Å². The molecule has 2 aliphatic rings. The Morgan fingerprint density at radius 2 is 2.00 bits per heavy atom. The third-order valence-electron chi connectivity index (χ3n) is 3.45. The van der Waals surface area contributed by atoms with Crippen LogP contribution in [0.3, 0.4) is 0 Å². The van der Waals surface area contributed by atoms with Gasteiger partial charge in [-0.3, -0.25) is 0 Å². The largest absolute Gasteiger partial charge is 0.395 e. The van der Waals surface area contributed by atoms with E-state index in [2.05, 4.69) is 15.3 Å². The van der Waals surface area contributed by atoms with Gasteiger partial charge >= 0.3 is 6.03 Å². The molecule has 1 aromatic heterocycles. The third-order valence-corrected chi connectivity index (χ3v) is 3.45. The van der Waals surface area contributed by atoms with E-state index in [4.69, 9.17) is 5.11 Å². The van der Waals surface area contributed by atoms with Crippen molar-refractivity contribution in [1.29, 1.82) is 0 Å². The summed E-state index contributed by atoms with van der Waals surface area (Å²) in [4.78, 5) is 22.3. The fourth-order valence-electron chi connectivity index (χ4n) is 2.09. The van der Waals surface area contributed by atoms with Gasteiger partial charge in [-0.2, -0.15) is 0 Å². The summed E-state index contributed by atoms with van der Waals surface area (Å²) in [5.74, 6) is 1.38. The first-order chi connectivity index (χ1) is 9.28. The van der Waals surface area contributed by atoms with E-state index >= 15 is 0 Å². The molecular weight excluding hydrogens is 244 g/mol. The molecule has 0 spiro atoms. The van der Waals surface area contributed by atoms with E-state index in [9.17, 15) is 4.79 Å². The second kappa shape index (κ2) is 5.13. The molecule has 0 atom stereocenters. The molecule has 0 unspecified atom stereocenters. The van der Waals surface area contributed by atoms with E-state index in [0.29, 0.717) is 18.2 Å². The van der Waals surface area contributed by atoms with E-state index < -0.39 is 0 Å². The van der Waals surface area contributed by atoms with Gasteiger partial charge in [0, 0.05) is 18.5 Å². The third kappa shape index (κ3) is 3.01. The SMILES string of the molecule is O=C(Nc1cnc(C2CC2)nc1)N(CCO)C1CC1. The maximum Gasteiger partial charge on any atom is 0.322 e. The van der Waals surface area contributed by atoms with Crippen LogP contribution in [-0.2, 0) is 0 Å². The maximum atomic E-state index is 12.1. The number of aliphatic hydroxyl groups excluding tert-OH is 1. The number of nitrogens with one attached hydrogen (secondary N) is 1. The van der Waals surface area contributed by atoms with Gasteiger partial charge in [0.15, 0.2) is 0 Å². The van der Waals surface area contributed by atoms with Gasteiger partial charge in [-0.05, 0) is 25.7 Å². The molecule has 6 heteroatoms. The molecule has 0 saturated heterocycles. The average Bonchev–Trinajstić information content (AvgIpc) is 3.29. The van der Waals surface area contributed by atoms with Crippen LogP contribution in [0.15, 0.2) is 12.4 Å². The number of urea groups is 1. The molecule has 2 saturated carbocycles. The summed E-state index contributed by atoms with van der Waals surface area (Å²) >= 11 is 0. The molecule has 3 rings (SSSR count). The molecule has 2 aliphatic carbocycles. The van der Waals surface area contributed by atoms with Gasteiger partial charge in [0.05, 0.1) is 24.7 Å². The monoisotopic (exact) mass is 262 g/mol. The summed E-state index contributed by atoms with van der Waals surface area (Å²) < 4.78 is 0. The Labute approximate surface area is 111 Å². The van der Waals surface area contributed by atoms with Gasteiger partial charge < -0.3 is 15.3 Å². The smallest absolute Gasteiger partial charge is 0.322 e. The number of aromatic nitrogens is 2.